The van der Waals surface area contributed by atoms with Crippen LogP contribution in [-0.2, 0) is 19.4 Å². The fourth-order valence-corrected chi connectivity index (χ4v) is 5.79. The standard InChI is InChI=1S/C28H27F2N3O2/c29-21-5-9-27(10-6-21)35-26-7-1-18(2-8-26)15-31-28(34)33-17-24-14-25(33)16-32(24)23-12-19-3-4-22(30)11-20(19)13-23/h1-11,23-25H,12-17H2,(H,31,34). The van der Waals surface area contributed by atoms with E-state index in [0.717, 1.165) is 43.5 Å². The van der Waals surface area contributed by atoms with Gasteiger partial charge < -0.3 is 15.0 Å². The molecule has 3 aromatic carbocycles. The lowest BCUT2D eigenvalue weighted by molar-refractivity contribution is 0.106. The molecule has 1 N–H and O–H groups in total. The molecule has 2 bridgehead atoms. The quantitative estimate of drug-likeness (QED) is 0.572. The number of fused-ring (bicyclic) bond motifs is 3. The molecule has 1 aliphatic carbocycles. The van der Waals surface area contributed by atoms with Crippen molar-refractivity contribution in [3.63, 3.8) is 0 Å². The molecule has 0 radical (unpaired) electrons. The van der Waals surface area contributed by atoms with E-state index in [9.17, 15) is 13.6 Å². The zero-order chi connectivity index (χ0) is 23.9. The van der Waals surface area contributed by atoms with E-state index in [1.54, 1.807) is 24.3 Å². The number of carbonyl (C=O) groups is 1. The van der Waals surface area contributed by atoms with Crippen molar-refractivity contribution >= 4 is 6.03 Å². The number of ether oxygens (including phenoxy) is 1. The Balaban J connectivity index is 0.995. The summed E-state index contributed by atoms with van der Waals surface area (Å²) in [7, 11) is 0. The first kappa shape index (κ1) is 22.0. The van der Waals surface area contributed by atoms with E-state index < -0.39 is 0 Å². The maximum Gasteiger partial charge on any atom is 0.318 e. The van der Waals surface area contributed by atoms with Crippen LogP contribution in [0, 0.1) is 11.6 Å². The summed E-state index contributed by atoms with van der Waals surface area (Å²) in [5.41, 5.74) is 3.36. The number of urea groups is 1. The molecule has 2 aliphatic heterocycles. The molecule has 3 aliphatic rings. The van der Waals surface area contributed by atoms with Crippen molar-refractivity contribution in [1.82, 2.24) is 15.1 Å². The zero-order valence-corrected chi connectivity index (χ0v) is 19.3. The van der Waals surface area contributed by atoms with E-state index in [0.29, 0.717) is 30.1 Å². The first-order valence-corrected chi connectivity index (χ1v) is 12.1. The van der Waals surface area contributed by atoms with Crippen LogP contribution < -0.4 is 10.1 Å². The average Bonchev–Trinajstić information content (AvgIpc) is 3.58. The summed E-state index contributed by atoms with van der Waals surface area (Å²) in [6.07, 6.45) is 2.86. The lowest BCUT2D eigenvalue weighted by Gasteiger charge is -2.37. The molecule has 6 rings (SSSR count). The molecule has 3 aromatic rings. The van der Waals surface area contributed by atoms with Crippen molar-refractivity contribution in [2.24, 2.45) is 0 Å². The van der Waals surface area contributed by atoms with Gasteiger partial charge in [0.1, 0.15) is 23.1 Å². The molecule has 0 saturated carbocycles. The lowest BCUT2D eigenvalue weighted by atomic mass is 10.1. The molecular weight excluding hydrogens is 448 g/mol. The van der Waals surface area contributed by atoms with Crippen LogP contribution in [0.3, 0.4) is 0 Å². The average molecular weight is 476 g/mol. The maximum atomic E-state index is 13.6. The van der Waals surface area contributed by atoms with E-state index in [1.165, 1.54) is 17.7 Å². The minimum absolute atomic E-state index is 0.0273. The first-order valence-electron chi connectivity index (χ1n) is 12.1. The van der Waals surface area contributed by atoms with Crippen LogP contribution in [0.1, 0.15) is 23.1 Å². The zero-order valence-electron chi connectivity index (χ0n) is 19.3. The molecule has 3 atom stereocenters. The number of halogens is 2. The number of likely N-dealkylation sites (tertiary alicyclic amines) is 2. The SMILES string of the molecule is O=C(NCc1ccc(Oc2ccc(F)cc2)cc1)N1CC2CC1CN2C1Cc2ccc(F)cc2C1. The van der Waals surface area contributed by atoms with Crippen LogP contribution in [0.5, 0.6) is 11.5 Å². The number of amides is 2. The molecule has 2 saturated heterocycles. The highest BCUT2D eigenvalue weighted by Crippen LogP contribution is 2.36. The van der Waals surface area contributed by atoms with Crippen molar-refractivity contribution in [1.29, 1.82) is 0 Å². The second-order valence-electron chi connectivity index (χ2n) is 9.73. The molecule has 5 nitrogen and oxygen atoms in total. The van der Waals surface area contributed by atoms with Gasteiger partial charge >= 0.3 is 6.03 Å². The normalized spacial score (nSPS) is 22.9. The highest BCUT2D eigenvalue weighted by Gasteiger charge is 2.48. The Morgan fingerprint density at radius 3 is 2.23 bits per heavy atom. The summed E-state index contributed by atoms with van der Waals surface area (Å²) in [6.45, 7) is 2.06. The van der Waals surface area contributed by atoms with Crippen LogP contribution in [0.25, 0.3) is 0 Å². The number of nitrogens with zero attached hydrogens (tertiary/aromatic N) is 2. The Hall–Kier alpha value is -3.45. The summed E-state index contributed by atoms with van der Waals surface area (Å²) in [6, 6.07) is 19.5. The fraction of sp³-hybridized carbons (Fsp3) is 0.321. The third-order valence-electron chi connectivity index (χ3n) is 7.51. The monoisotopic (exact) mass is 475 g/mol. The van der Waals surface area contributed by atoms with Crippen LogP contribution in [-0.4, -0.2) is 47.0 Å². The van der Waals surface area contributed by atoms with Gasteiger partial charge in [0.25, 0.3) is 0 Å². The molecular formula is C28H27F2N3O2. The Morgan fingerprint density at radius 2 is 1.51 bits per heavy atom. The van der Waals surface area contributed by atoms with Gasteiger partial charge in [-0.05, 0) is 84.5 Å². The number of rotatable bonds is 5. The predicted molar refractivity (Wildman–Crippen MR) is 128 cm³/mol. The molecule has 2 amide bonds. The van der Waals surface area contributed by atoms with E-state index in [4.69, 9.17) is 4.74 Å². The van der Waals surface area contributed by atoms with Gasteiger partial charge in [0, 0.05) is 37.8 Å². The van der Waals surface area contributed by atoms with Crippen LogP contribution in [0.15, 0.2) is 66.7 Å². The van der Waals surface area contributed by atoms with E-state index in [1.807, 2.05) is 35.2 Å². The molecule has 3 unspecified atom stereocenters. The Morgan fingerprint density at radius 1 is 0.829 bits per heavy atom. The number of hydrogen-bond acceptors (Lipinski definition) is 3. The third kappa shape index (κ3) is 4.48. The number of nitrogens with one attached hydrogen (secondary N) is 1. The van der Waals surface area contributed by atoms with Crippen molar-refractivity contribution in [3.05, 3.63) is 95.1 Å². The minimum atomic E-state index is -0.303. The number of hydrogen-bond donors (Lipinski definition) is 1. The van der Waals surface area contributed by atoms with Crippen molar-refractivity contribution in [2.75, 3.05) is 13.1 Å². The summed E-state index contributed by atoms with van der Waals surface area (Å²) >= 11 is 0. The first-order chi connectivity index (χ1) is 17.0. The van der Waals surface area contributed by atoms with Gasteiger partial charge in [-0.1, -0.05) is 18.2 Å². The van der Waals surface area contributed by atoms with Crippen molar-refractivity contribution in [3.8, 4) is 11.5 Å². The van der Waals surface area contributed by atoms with Gasteiger partial charge in [-0.2, -0.15) is 0 Å². The Labute approximate surface area is 203 Å². The largest absolute Gasteiger partial charge is 0.457 e. The van der Waals surface area contributed by atoms with Gasteiger partial charge in [0.05, 0.1) is 0 Å². The molecule has 2 fully saturated rings. The van der Waals surface area contributed by atoms with E-state index >= 15 is 0 Å². The number of benzene rings is 3. The van der Waals surface area contributed by atoms with Crippen LogP contribution in [0.2, 0.25) is 0 Å². The summed E-state index contributed by atoms with van der Waals surface area (Å²) in [5.74, 6) is 0.757. The molecule has 0 spiro atoms. The van der Waals surface area contributed by atoms with Gasteiger partial charge in [-0.3, -0.25) is 4.90 Å². The van der Waals surface area contributed by atoms with Crippen molar-refractivity contribution in [2.45, 2.75) is 43.9 Å². The van der Waals surface area contributed by atoms with Crippen molar-refractivity contribution < 1.29 is 18.3 Å². The molecule has 180 valence electrons. The summed E-state index contributed by atoms with van der Waals surface area (Å²) in [5, 5.41) is 3.05. The predicted octanol–water partition coefficient (Wildman–Crippen LogP) is 4.89. The van der Waals surface area contributed by atoms with E-state index in [2.05, 4.69) is 10.2 Å². The molecule has 7 heteroatoms. The van der Waals surface area contributed by atoms with Gasteiger partial charge in [-0.15, -0.1) is 0 Å². The van der Waals surface area contributed by atoms with Gasteiger partial charge in [-0.25, -0.2) is 13.6 Å². The molecule has 0 aromatic heterocycles. The topological polar surface area (TPSA) is 44.8 Å². The molecule has 2 heterocycles. The highest BCUT2D eigenvalue weighted by atomic mass is 19.1. The second-order valence-corrected chi connectivity index (χ2v) is 9.73. The van der Waals surface area contributed by atoms with Crippen LogP contribution >= 0.6 is 0 Å². The lowest BCUT2D eigenvalue weighted by Crippen LogP contribution is -2.54. The third-order valence-corrected chi connectivity index (χ3v) is 7.51. The Kier molecular flexibility index (Phi) is 5.65. The molecule has 35 heavy (non-hydrogen) atoms. The Bertz CT molecular complexity index is 1230. The van der Waals surface area contributed by atoms with Gasteiger partial charge in [0.2, 0.25) is 0 Å². The maximum absolute atomic E-state index is 13.6. The number of carbonyl (C=O) groups excluding carboxylic acids is 1. The smallest absolute Gasteiger partial charge is 0.318 e. The second kappa shape index (κ2) is 8.96. The summed E-state index contributed by atoms with van der Waals surface area (Å²) in [4.78, 5) is 17.4. The van der Waals surface area contributed by atoms with Crippen LogP contribution in [0.4, 0.5) is 13.6 Å². The summed E-state index contributed by atoms with van der Waals surface area (Å²) < 4.78 is 32.3. The van der Waals surface area contributed by atoms with Gasteiger partial charge in [0.15, 0.2) is 0 Å². The highest BCUT2D eigenvalue weighted by molar-refractivity contribution is 5.75. The fourth-order valence-electron chi connectivity index (χ4n) is 5.79. The minimum Gasteiger partial charge on any atom is -0.457 e. The van der Waals surface area contributed by atoms with E-state index in [-0.39, 0.29) is 23.7 Å². The number of piperazine rings is 1.